The summed E-state index contributed by atoms with van der Waals surface area (Å²) in [5, 5.41) is 13.5. The quantitative estimate of drug-likeness (QED) is 0.151. The molecule has 0 heterocycles. The van der Waals surface area contributed by atoms with E-state index in [0.29, 0.717) is 0 Å². The van der Waals surface area contributed by atoms with Gasteiger partial charge in [0.15, 0.2) is 0 Å². The van der Waals surface area contributed by atoms with Crippen molar-refractivity contribution in [2.24, 2.45) is 0 Å². The second-order valence-corrected chi connectivity index (χ2v) is 14.3. The Labute approximate surface area is 248 Å². The van der Waals surface area contributed by atoms with Crippen LogP contribution in [-0.2, 0) is 10.8 Å². The van der Waals surface area contributed by atoms with E-state index in [-0.39, 0.29) is 10.8 Å². The molecule has 0 fully saturated rings. The summed E-state index contributed by atoms with van der Waals surface area (Å²) in [4.78, 5) is 0. The van der Waals surface area contributed by atoms with Crippen molar-refractivity contribution in [1.29, 1.82) is 0 Å². The molecule has 0 aromatic heterocycles. The predicted molar refractivity (Wildman–Crippen MR) is 185 cm³/mol. The summed E-state index contributed by atoms with van der Waals surface area (Å²) in [6, 6.07) is 41.8. The van der Waals surface area contributed by atoms with E-state index < -0.39 is 0 Å². The highest BCUT2D eigenvalue weighted by Gasteiger charge is 2.21. The molecule has 8 aromatic carbocycles. The lowest BCUT2D eigenvalue weighted by Gasteiger charge is -2.22. The van der Waals surface area contributed by atoms with Crippen molar-refractivity contribution >= 4 is 53.9 Å². The zero-order valence-corrected chi connectivity index (χ0v) is 25.4. The molecule has 0 aliphatic carbocycles. The van der Waals surface area contributed by atoms with E-state index in [1.54, 1.807) is 0 Å². The van der Waals surface area contributed by atoms with Crippen LogP contribution < -0.4 is 0 Å². The van der Waals surface area contributed by atoms with Gasteiger partial charge in [0.1, 0.15) is 0 Å². The van der Waals surface area contributed by atoms with Gasteiger partial charge in [0, 0.05) is 0 Å². The van der Waals surface area contributed by atoms with Gasteiger partial charge in [-0.05, 0) is 122 Å². The van der Waals surface area contributed by atoms with Gasteiger partial charge in [-0.3, -0.25) is 0 Å². The molecule has 0 N–H and O–H groups in total. The second-order valence-electron chi connectivity index (χ2n) is 14.3. The summed E-state index contributed by atoms with van der Waals surface area (Å²) >= 11 is 0. The van der Waals surface area contributed by atoms with Gasteiger partial charge in [-0.2, -0.15) is 0 Å². The second kappa shape index (κ2) is 8.55. The molecular formula is C42H36. The molecule has 0 saturated heterocycles. The molecule has 0 saturated carbocycles. The topological polar surface area (TPSA) is 0 Å². The summed E-state index contributed by atoms with van der Waals surface area (Å²) < 4.78 is 0. The van der Waals surface area contributed by atoms with Crippen LogP contribution in [0.15, 0.2) is 109 Å². The Hall–Kier alpha value is -4.42. The van der Waals surface area contributed by atoms with Gasteiger partial charge in [-0.25, -0.2) is 0 Å². The minimum absolute atomic E-state index is 0.138. The number of benzene rings is 8. The maximum absolute atomic E-state index is 2.43. The van der Waals surface area contributed by atoms with Crippen LogP contribution in [0.5, 0.6) is 0 Å². The first-order valence-corrected chi connectivity index (χ1v) is 15.2. The maximum Gasteiger partial charge on any atom is -0.00136 e. The van der Waals surface area contributed by atoms with Crippen molar-refractivity contribution in [3.05, 3.63) is 120 Å². The Kier molecular flexibility index (Phi) is 5.15. The minimum atomic E-state index is 0.138. The fourth-order valence-corrected chi connectivity index (χ4v) is 7.17. The molecule has 0 heteroatoms. The first kappa shape index (κ1) is 25.3. The highest BCUT2D eigenvalue weighted by atomic mass is 14.2. The third-order valence-electron chi connectivity index (χ3n) is 9.45. The SMILES string of the molecule is CC(C)(C)c1ccc(-c2cc3cc4cccc5c(-c6ccc(C(C)(C)C)cc6)cc6cc7cccc2c7c3c6c45)cc1. The molecule has 0 amide bonds. The summed E-state index contributed by atoms with van der Waals surface area (Å²) in [5.41, 5.74) is 8.18. The lowest BCUT2D eigenvalue weighted by Crippen LogP contribution is -2.10. The fourth-order valence-electron chi connectivity index (χ4n) is 7.17. The Morgan fingerprint density at radius 2 is 0.738 bits per heavy atom. The van der Waals surface area contributed by atoms with Crippen LogP contribution in [0, 0.1) is 0 Å². The average Bonchev–Trinajstić information content (AvgIpc) is 2.97. The first-order chi connectivity index (χ1) is 20.1. The van der Waals surface area contributed by atoms with Gasteiger partial charge in [0.2, 0.25) is 0 Å². The number of rotatable bonds is 2. The van der Waals surface area contributed by atoms with Gasteiger partial charge >= 0.3 is 0 Å². The van der Waals surface area contributed by atoms with Crippen LogP contribution in [0.25, 0.3) is 76.1 Å². The third kappa shape index (κ3) is 3.68. The normalized spacial score (nSPS) is 13.0. The van der Waals surface area contributed by atoms with Crippen LogP contribution in [0.1, 0.15) is 52.7 Å². The highest BCUT2D eigenvalue weighted by molar-refractivity contribution is 6.38. The molecular weight excluding hydrogens is 504 g/mol. The maximum atomic E-state index is 2.43. The molecule has 0 spiro atoms. The average molecular weight is 541 g/mol. The van der Waals surface area contributed by atoms with Crippen molar-refractivity contribution in [2.75, 3.05) is 0 Å². The smallest absolute Gasteiger partial charge is 0.00136 e. The molecule has 204 valence electrons. The largest absolute Gasteiger partial charge is 0.0610 e. The van der Waals surface area contributed by atoms with Gasteiger partial charge in [0.25, 0.3) is 0 Å². The van der Waals surface area contributed by atoms with Crippen LogP contribution in [0.3, 0.4) is 0 Å². The van der Waals surface area contributed by atoms with Gasteiger partial charge in [0.05, 0.1) is 0 Å². The Morgan fingerprint density at radius 3 is 1.10 bits per heavy atom. The van der Waals surface area contributed by atoms with E-state index in [1.807, 2.05) is 0 Å². The van der Waals surface area contributed by atoms with E-state index in [4.69, 9.17) is 0 Å². The van der Waals surface area contributed by atoms with E-state index in [2.05, 4.69) is 151 Å². The molecule has 8 aromatic rings. The van der Waals surface area contributed by atoms with Crippen molar-refractivity contribution in [2.45, 2.75) is 52.4 Å². The van der Waals surface area contributed by atoms with Gasteiger partial charge in [-0.1, -0.05) is 126 Å². The molecule has 0 atom stereocenters. The van der Waals surface area contributed by atoms with Crippen LogP contribution in [0.4, 0.5) is 0 Å². The summed E-state index contributed by atoms with van der Waals surface area (Å²) in [5.74, 6) is 0. The van der Waals surface area contributed by atoms with Crippen molar-refractivity contribution in [1.82, 2.24) is 0 Å². The molecule has 0 unspecified atom stereocenters. The minimum Gasteiger partial charge on any atom is -0.0610 e. The van der Waals surface area contributed by atoms with E-state index in [0.717, 1.165) is 0 Å². The van der Waals surface area contributed by atoms with E-state index in [1.165, 1.54) is 87.2 Å². The zero-order chi connectivity index (χ0) is 29.0. The Balaban J connectivity index is 1.44. The van der Waals surface area contributed by atoms with Crippen molar-refractivity contribution < 1.29 is 0 Å². The summed E-state index contributed by atoms with van der Waals surface area (Å²) in [6.07, 6.45) is 0. The molecule has 42 heavy (non-hydrogen) atoms. The van der Waals surface area contributed by atoms with Crippen LogP contribution in [-0.4, -0.2) is 0 Å². The van der Waals surface area contributed by atoms with Crippen molar-refractivity contribution in [3.63, 3.8) is 0 Å². The monoisotopic (exact) mass is 540 g/mol. The first-order valence-electron chi connectivity index (χ1n) is 15.2. The van der Waals surface area contributed by atoms with Crippen LogP contribution in [0.2, 0.25) is 0 Å². The lowest BCUT2D eigenvalue weighted by atomic mass is 9.81. The predicted octanol–water partition coefficient (Wildman–Crippen LogP) is 12.3. The Bertz CT molecular complexity index is 2100. The third-order valence-corrected chi connectivity index (χ3v) is 9.45. The van der Waals surface area contributed by atoms with Crippen LogP contribution >= 0.6 is 0 Å². The molecule has 0 nitrogen and oxygen atoms in total. The molecule has 0 bridgehead atoms. The molecule has 0 aliphatic heterocycles. The fraction of sp³-hybridized carbons (Fsp3) is 0.190. The lowest BCUT2D eigenvalue weighted by molar-refractivity contribution is 0.590. The zero-order valence-electron chi connectivity index (χ0n) is 25.4. The number of hydrogen-bond acceptors (Lipinski definition) is 0. The standard InChI is InChI=1S/C42H36/c1-41(2,3)31-17-13-25(14-18-31)35-23-29-21-28-10-8-12-34-36(26-15-19-32(20-16-26)42(4,5)6)24-30-22-27-9-7-11-33(35)37(27)39(29)40(30)38(28)34/h7-24H,1-6H3. The highest BCUT2D eigenvalue weighted by Crippen LogP contribution is 2.48. The summed E-state index contributed by atoms with van der Waals surface area (Å²) in [7, 11) is 0. The Morgan fingerprint density at radius 1 is 0.357 bits per heavy atom. The molecule has 8 rings (SSSR count). The molecule has 0 aliphatic rings. The summed E-state index contributed by atoms with van der Waals surface area (Å²) in [6.45, 7) is 13.7. The van der Waals surface area contributed by atoms with Gasteiger partial charge in [-0.15, -0.1) is 0 Å². The van der Waals surface area contributed by atoms with E-state index in [9.17, 15) is 0 Å². The molecule has 0 radical (unpaired) electrons. The van der Waals surface area contributed by atoms with Gasteiger partial charge < -0.3 is 0 Å². The number of hydrogen-bond donors (Lipinski definition) is 0. The van der Waals surface area contributed by atoms with Crippen molar-refractivity contribution in [3.8, 4) is 22.3 Å². The van der Waals surface area contributed by atoms with E-state index >= 15 is 0 Å².